The normalized spacial score (nSPS) is 21.4. The van der Waals surface area contributed by atoms with Gasteiger partial charge in [-0.2, -0.15) is 0 Å². The first-order valence-corrected chi connectivity index (χ1v) is 7.69. The van der Waals surface area contributed by atoms with Gasteiger partial charge in [0.1, 0.15) is 11.4 Å². The number of carbonyl (C=O) groups is 1. The molecule has 0 aliphatic carbocycles. The number of nitrogens with zero attached hydrogens (tertiary/aromatic N) is 1. The number of amides is 1. The molecule has 124 valence electrons. The summed E-state index contributed by atoms with van der Waals surface area (Å²) in [5.74, 6) is 0.938. The number of furan rings is 1. The van der Waals surface area contributed by atoms with Crippen LogP contribution >= 0.6 is 0 Å². The first-order chi connectivity index (χ1) is 10.3. The van der Waals surface area contributed by atoms with Crippen molar-refractivity contribution in [2.75, 3.05) is 19.7 Å². The highest BCUT2D eigenvalue weighted by atomic mass is 16.6. The Bertz CT molecular complexity index is 467. The number of morpholine rings is 1. The summed E-state index contributed by atoms with van der Waals surface area (Å²) in [4.78, 5) is 14.1. The molecule has 22 heavy (non-hydrogen) atoms. The molecule has 2 heterocycles. The van der Waals surface area contributed by atoms with Crippen molar-refractivity contribution in [3.8, 4) is 0 Å². The molecule has 0 saturated carbocycles. The second kappa shape index (κ2) is 7.15. The van der Waals surface area contributed by atoms with Gasteiger partial charge in [-0.3, -0.25) is 4.90 Å². The minimum Gasteiger partial charge on any atom is -0.468 e. The third kappa shape index (κ3) is 5.35. The summed E-state index contributed by atoms with van der Waals surface area (Å²) in [5.41, 5.74) is -0.497. The molecule has 0 spiro atoms. The van der Waals surface area contributed by atoms with Gasteiger partial charge in [-0.05, 0) is 39.8 Å². The number of ether oxygens (including phenoxy) is 2. The Labute approximate surface area is 131 Å². The smallest absolute Gasteiger partial charge is 0.407 e. The zero-order valence-corrected chi connectivity index (χ0v) is 13.8. The quantitative estimate of drug-likeness (QED) is 0.925. The first-order valence-electron chi connectivity index (χ1n) is 7.69. The summed E-state index contributed by atoms with van der Waals surface area (Å²) in [6.45, 7) is 10.5. The number of hydrogen-bond acceptors (Lipinski definition) is 5. The van der Waals surface area contributed by atoms with Gasteiger partial charge in [0, 0.05) is 13.1 Å². The monoisotopic (exact) mass is 310 g/mol. The highest BCUT2D eigenvalue weighted by Crippen LogP contribution is 2.14. The Morgan fingerprint density at radius 2 is 2.32 bits per heavy atom. The van der Waals surface area contributed by atoms with Gasteiger partial charge in [0.2, 0.25) is 0 Å². The van der Waals surface area contributed by atoms with Gasteiger partial charge in [-0.25, -0.2) is 4.79 Å². The van der Waals surface area contributed by atoms with Crippen LogP contribution in [0.5, 0.6) is 0 Å². The van der Waals surface area contributed by atoms with Crippen molar-refractivity contribution in [3.05, 3.63) is 24.2 Å². The fraction of sp³-hybridized carbons (Fsp3) is 0.688. The number of carbonyl (C=O) groups excluding carboxylic acids is 1. The fourth-order valence-corrected chi connectivity index (χ4v) is 2.39. The zero-order chi connectivity index (χ0) is 16.2. The molecule has 1 saturated heterocycles. The molecule has 1 amide bonds. The van der Waals surface area contributed by atoms with E-state index in [1.807, 2.05) is 39.8 Å². The average Bonchev–Trinajstić information content (AvgIpc) is 2.89. The Morgan fingerprint density at radius 1 is 1.55 bits per heavy atom. The molecule has 1 aromatic heterocycles. The topological polar surface area (TPSA) is 63.9 Å². The second-order valence-corrected chi connectivity index (χ2v) is 6.66. The molecule has 0 radical (unpaired) electrons. The highest BCUT2D eigenvalue weighted by Gasteiger charge is 2.28. The Hall–Kier alpha value is -1.53. The van der Waals surface area contributed by atoms with Crippen molar-refractivity contribution in [3.63, 3.8) is 0 Å². The predicted molar refractivity (Wildman–Crippen MR) is 82.6 cm³/mol. The van der Waals surface area contributed by atoms with Crippen molar-refractivity contribution in [2.24, 2.45) is 0 Å². The van der Waals surface area contributed by atoms with Crippen LogP contribution in [0.2, 0.25) is 0 Å². The lowest BCUT2D eigenvalue weighted by atomic mass is 10.1. The molecule has 6 nitrogen and oxygen atoms in total. The van der Waals surface area contributed by atoms with E-state index < -0.39 is 11.7 Å². The molecule has 2 unspecified atom stereocenters. The molecular formula is C16H26N2O4. The van der Waals surface area contributed by atoms with Gasteiger partial charge < -0.3 is 19.2 Å². The second-order valence-electron chi connectivity index (χ2n) is 6.66. The van der Waals surface area contributed by atoms with Gasteiger partial charge >= 0.3 is 6.09 Å². The van der Waals surface area contributed by atoms with Crippen LogP contribution < -0.4 is 5.32 Å². The molecule has 0 bridgehead atoms. The summed E-state index contributed by atoms with van der Waals surface area (Å²) < 4.78 is 16.4. The summed E-state index contributed by atoms with van der Waals surface area (Å²) in [5, 5.41) is 2.85. The van der Waals surface area contributed by atoms with Crippen molar-refractivity contribution in [1.29, 1.82) is 0 Å². The predicted octanol–water partition coefficient (Wildman–Crippen LogP) is 2.39. The molecule has 1 aliphatic rings. The van der Waals surface area contributed by atoms with Gasteiger partial charge in [-0.1, -0.05) is 0 Å². The third-order valence-electron chi connectivity index (χ3n) is 3.44. The van der Waals surface area contributed by atoms with E-state index in [4.69, 9.17) is 13.9 Å². The van der Waals surface area contributed by atoms with E-state index in [1.165, 1.54) is 0 Å². The Morgan fingerprint density at radius 3 is 2.95 bits per heavy atom. The maximum atomic E-state index is 11.8. The van der Waals surface area contributed by atoms with E-state index in [1.54, 1.807) is 6.26 Å². The molecule has 1 fully saturated rings. The number of rotatable bonds is 4. The molecule has 2 atom stereocenters. The van der Waals surface area contributed by atoms with Crippen LogP contribution in [0, 0.1) is 0 Å². The molecule has 0 aromatic carbocycles. The number of nitrogens with one attached hydrogen (secondary N) is 1. The minimum atomic E-state index is -0.497. The van der Waals surface area contributed by atoms with Gasteiger partial charge in [0.15, 0.2) is 0 Å². The van der Waals surface area contributed by atoms with Crippen LogP contribution in [-0.2, 0) is 16.0 Å². The lowest BCUT2D eigenvalue weighted by Gasteiger charge is -2.35. The van der Waals surface area contributed by atoms with Crippen molar-refractivity contribution < 1.29 is 18.7 Å². The molecular weight excluding hydrogens is 284 g/mol. The Kier molecular flexibility index (Phi) is 5.47. The molecule has 1 aromatic rings. The van der Waals surface area contributed by atoms with Crippen LogP contribution in [0.3, 0.4) is 0 Å². The zero-order valence-electron chi connectivity index (χ0n) is 13.8. The van der Waals surface area contributed by atoms with Gasteiger partial charge in [0.05, 0.1) is 31.6 Å². The molecule has 1 aliphatic heterocycles. The summed E-state index contributed by atoms with van der Waals surface area (Å²) in [7, 11) is 0. The maximum Gasteiger partial charge on any atom is 0.407 e. The largest absolute Gasteiger partial charge is 0.468 e. The minimum absolute atomic E-state index is 0.0590. The lowest BCUT2D eigenvalue weighted by Crippen LogP contribution is -2.52. The summed E-state index contributed by atoms with van der Waals surface area (Å²) >= 11 is 0. The molecule has 1 N–H and O–H groups in total. The van der Waals surface area contributed by atoms with E-state index >= 15 is 0 Å². The number of hydrogen-bond donors (Lipinski definition) is 1. The lowest BCUT2D eigenvalue weighted by molar-refractivity contribution is -0.0488. The molecule has 2 rings (SSSR count). The van der Waals surface area contributed by atoms with Crippen LogP contribution in [0.4, 0.5) is 4.79 Å². The first kappa shape index (κ1) is 16.8. The van der Waals surface area contributed by atoms with E-state index in [-0.39, 0.29) is 12.1 Å². The summed E-state index contributed by atoms with van der Waals surface area (Å²) in [6.07, 6.45) is 1.21. The van der Waals surface area contributed by atoms with Crippen LogP contribution in [0.15, 0.2) is 22.8 Å². The van der Waals surface area contributed by atoms with Crippen LogP contribution in [0.1, 0.15) is 33.5 Å². The van der Waals surface area contributed by atoms with E-state index in [0.717, 1.165) is 25.4 Å². The van der Waals surface area contributed by atoms with Crippen molar-refractivity contribution in [2.45, 2.75) is 52.0 Å². The number of alkyl carbamates (subject to hydrolysis) is 1. The van der Waals surface area contributed by atoms with E-state index in [2.05, 4.69) is 10.2 Å². The average molecular weight is 310 g/mol. The van der Waals surface area contributed by atoms with Gasteiger partial charge in [0.25, 0.3) is 0 Å². The van der Waals surface area contributed by atoms with Crippen LogP contribution in [0.25, 0.3) is 0 Å². The molecule has 6 heteroatoms. The van der Waals surface area contributed by atoms with Crippen molar-refractivity contribution in [1.82, 2.24) is 10.2 Å². The maximum absolute atomic E-state index is 11.8. The SMILES string of the molecule is CC(NC(=O)OC(C)(C)C)C1CN(Cc2ccco2)CCO1. The van der Waals surface area contributed by atoms with Gasteiger partial charge in [-0.15, -0.1) is 0 Å². The van der Waals surface area contributed by atoms with E-state index in [0.29, 0.717) is 6.61 Å². The highest BCUT2D eigenvalue weighted by molar-refractivity contribution is 5.68. The fourth-order valence-electron chi connectivity index (χ4n) is 2.39. The van der Waals surface area contributed by atoms with Crippen molar-refractivity contribution >= 4 is 6.09 Å². The van der Waals surface area contributed by atoms with Crippen LogP contribution in [-0.4, -0.2) is 48.4 Å². The standard InChI is InChI=1S/C16H26N2O4/c1-12(17-15(19)22-16(2,3)4)14-11-18(7-9-21-14)10-13-6-5-8-20-13/h5-6,8,12,14H,7,9-11H2,1-4H3,(H,17,19). The Balaban J connectivity index is 1.82. The summed E-state index contributed by atoms with van der Waals surface area (Å²) in [6, 6.07) is 3.74. The van der Waals surface area contributed by atoms with E-state index in [9.17, 15) is 4.79 Å². The third-order valence-corrected chi connectivity index (χ3v) is 3.44.